The Morgan fingerprint density at radius 1 is 1.35 bits per heavy atom. The first kappa shape index (κ1) is 15.0. The predicted octanol–water partition coefficient (Wildman–Crippen LogP) is 2.24. The first-order chi connectivity index (χ1) is 11.1. The van der Waals surface area contributed by atoms with Gasteiger partial charge in [0.05, 0.1) is 5.39 Å². The van der Waals surface area contributed by atoms with Gasteiger partial charge in [-0.3, -0.25) is 4.99 Å². The van der Waals surface area contributed by atoms with Gasteiger partial charge in [-0.2, -0.15) is 4.98 Å². The molecule has 0 aliphatic heterocycles. The summed E-state index contributed by atoms with van der Waals surface area (Å²) < 4.78 is 10.2. The van der Waals surface area contributed by atoms with Crippen LogP contribution >= 0.6 is 0 Å². The van der Waals surface area contributed by atoms with Crippen molar-refractivity contribution >= 4 is 17.2 Å². The quantitative estimate of drug-likeness (QED) is 0.440. The smallest absolute Gasteiger partial charge is 0.348 e. The average Bonchev–Trinajstić information content (AvgIpc) is 2.95. The molecule has 2 heterocycles. The first-order valence-electron chi connectivity index (χ1n) is 7.19. The molecule has 0 atom stereocenters. The number of rotatable bonds is 5. The van der Waals surface area contributed by atoms with E-state index >= 15 is 0 Å². The number of aryl methyl sites for hydroxylation is 2. The number of hydrogen-bond donors (Lipinski definition) is 1. The lowest BCUT2D eigenvalue weighted by molar-refractivity contribution is 0.372. The van der Waals surface area contributed by atoms with Gasteiger partial charge >= 0.3 is 5.63 Å². The zero-order chi connectivity index (χ0) is 16.2. The molecule has 7 heteroatoms. The molecule has 0 unspecified atom stereocenters. The highest BCUT2D eigenvalue weighted by Crippen LogP contribution is 2.24. The minimum Gasteiger partial charge on any atom is -0.506 e. The summed E-state index contributed by atoms with van der Waals surface area (Å²) in [6.45, 7) is 2.22. The van der Waals surface area contributed by atoms with E-state index in [-0.39, 0.29) is 11.3 Å². The Morgan fingerprint density at radius 3 is 2.96 bits per heavy atom. The van der Waals surface area contributed by atoms with E-state index < -0.39 is 5.63 Å². The van der Waals surface area contributed by atoms with Crippen molar-refractivity contribution in [3.8, 4) is 5.75 Å². The van der Waals surface area contributed by atoms with E-state index in [1.807, 2.05) is 0 Å². The molecule has 23 heavy (non-hydrogen) atoms. The highest BCUT2D eigenvalue weighted by atomic mass is 16.5. The Kier molecular flexibility index (Phi) is 4.18. The zero-order valence-electron chi connectivity index (χ0n) is 12.5. The SMILES string of the molecule is Cc1noc(CCCN=Cc2c(O)c3ccccc3oc2=O)n1. The van der Waals surface area contributed by atoms with Gasteiger partial charge in [-0.15, -0.1) is 0 Å². The highest BCUT2D eigenvalue weighted by Gasteiger charge is 2.11. The number of aliphatic imine (C=N–C) groups is 1. The van der Waals surface area contributed by atoms with Crippen molar-refractivity contribution in [3.63, 3.8) is 0 Å². The van der Waals surface area contributed by atoms with Crippen molar-refractivity contribution in [2.75, 3.05) is 6.54 Å². The third-order valence-electron chi connectivity index (χ3n) is 3.29. The summed E-state index contributed by atoms with van der Waals surface area (Å²) in [4.78, 5) is 20.1. The molecule has 3 aromatic rings. The fraction of sp³-hybridized carbons (Fsp3) is 0.250. The number of benzene rings is 1. The van der Waals surface area contributed by atoms with Crippen molar-refractivity contribution < 1.29 is 14.0 Å². The highest BCUT2D eigenvalue weighted by molar-refractivity contribution is 5.93. The maximum Gasteiger partial charge on any atom is 0.348 e. The van der Waals surface area contributed by atoms with E-state index in [1.165, 1.54) is 6.21 Å². The van der Waals surface area contributed by atoms with E-state index in [0.29, 0.717) is 42.1 Å². The molecule has 0 amide bonds. The molecule has 0 fully saturated rings. The summed E-state index contributed by atoms with van der Waals surface area (Å²) in [5.41, 5.74) is -0.214. The van der Waals surface area contributed by atoms with E-state index in [0.717, 1.165) is 0 Å². The van der Waals surface area contributed by atoms with Gasteiger partial charge in [0.2, 0.25) is 5.89 Å². The molecule has 0 bridgehead atoms. The van der Waals surface area contributed by atoms with Crippen molar-refractivity contribution in [3.05, 3.63) is 52.0 Å². The molecular formula is C16H15N3O4. The zero-order valence-corrected chi connectivity index (χ0v) is 12.5. The molecule has 7 nitrogen and oxygen atoms in total. The summed E-state index contributed by atoms with van der Waals surface area (Å²) in [5.74, 6) is 1.04. The van der Waals surface area contributed by atoms with Crippen LogP contribution in [0.2, 0.25) is 0 Å². The van der Waals surface area contributed by atoms with Gasteiger partial charge < -0.3 is 14.0 Å². The normalized spacial score (nSPS) is 11.5. The summed E-state index contributed by atoms with van der Waals surface area (Å²) in [5, 5.41) is 14.4. The van der Waals surface area contributed by atoms with Crippen LogP contribution in [0.3, 0.4) is 0 Å². The van der Waals surface area contributed by atoms with E-state index in [2.05, 4.69) is 15.1 Å². The van der Waals surface area contributed by atoms with Gasteiger partial charge in [0.15, 0.2) is 5.82 Å². The van der Waals surface area contributed by atoms with Gasteiger partial charge in [0.1, 0.15) is 16.9 Å². The molecule has 3 rings (SSSR count). The van der Waals surface area contributed by atoms with Crippen molar-refractivity contribution in [2.45, 2.75) is 19.8 Å². The van der Waals surface area contributed by atoms with Crippen LogP contribution in [0.5, 0.6) is 5.75 Å². The van der Waals surface area contributed by atoms with Crippen molar-refractivity contribution in [2.24, 2.45) is 4.99 Å². The van der Waals surface area contributed by atoms with Gasteiger partial charge in [-0.05, 0) is 25.5 Å². The molecule has 118 valence electrons. The van der Waals surface area contributed by atoms with Gasteiger partial charge in [0.25, 0.3) is 0 Å². The molecule has 0 spiro atoms. The number of aromatic nitrogens is 2. The number of nitrogens with zero attached hydrogens (tertiary/aromatic N) is 3. The van der Waals surface area contributed by atoms with Gasteiger partial charge in [0, 0.05) is 19.2 Å². The maximum absolute atomic E-state index is 11.9. The maximum atomic E-state index is 11.9. The number of para-hydroxylation sites is 1. The second-order valence-electron chi connectivity index (χ2n) is 5.02. The topological polar surface area (TPSA) is 102 Å². The fourth-order valence-corrected chi connectivity index (χ4v) is 2.18. The second kappa shape index (κ2) is 6.43. The Hall–Kier alpha value is -2.96. The minimum atomic E-state index is -0.613. The summed E-state index contributed by atoms with van der Waals surface area (Å²) in [7, 11) is 0. The molecular weight excluding hydrogens is 298 g/mol. The predicted molar refractivity (Wildman–Crippen MR) is 84.0 cm³/mol. The molecule has 0 saturated carbocycles. The average molecular weight is 313 g/mol. The molecule has 2 aromatic heterocycles. The Balaban J connectivity index is 1.70. The lowest BCUT2D eigenvalue weighted by atomic mass is 10.1. The minimum absolute atomic E-state index is 0.0531. The monoisotopic (exact) mass is 313 g/mol. The molecule has 0 radical (unpaired) electrons. The van der Waals surface area contributed by atoms with Crippen LogP contribution in [0.25, 0.3) is 11.0 Å². The van der Waals surface area contributed by atoms with Crippen LogP contribution in [-0.4, -0.2) is 28.0 Å². The molecule has 0 aliphatic carbocycles. The summed E-state index contributed by atoms with van der Waals surface area (Å²) >= 11 is 0. The molecule has 0 saturated heterocycles. The summed E-state index contributed by atoms with van der Waals surface area (Å²) in [6, 6.07) is 6.81. The van der Waals surface area contributed by atoms with Crippen LogP contribution < -0.4 is 5.63 Å². The standard InChI is InChI=1S/C16H15N3O4/c1-10-18-14(23-19-10)7-4-8-17-9-12-15(20)11-5-2-3-6-13(11)22-16(12)21/h2-3,5-6,9,20H,4,7-8H2,1H3. The Morgan fingerprint density at radius 2 is 2.17 bits per heavy atom. The van der Waals surface area contributed by atoms with Crippen molar-refractivity contribution in [1.29, 1.82) is 0 Å². The number of hydrogen-bond acceptors (Lipinski definition) is 7. The van der Waals surface area contributed by atoms with E-state index in [1.54, 1.807) is 31.2 Å². The lowest BCUT2D eigenvalue weighted by Gasteiger charge is -2.02. The van der Waals surface area contributed by atoms with Crippen LogP contribution in [-0.2, 0) is 6.42 Å². The molecule has 1 N–H and O–H groups in total. The number of fused-ring (bicyclic) bond motifs is 1. The van der Waals surface area contributed by atoms with Crippen LogP contribution in [0.4, 0.5) is 0 Å². The number of aromatic hydroxyl groups is 1. The van der Waals surface area contributed by atoms with Gasteiger partial charge in [-0.25, -0.2) is 4.79 Å². The van der Waals surface area contributed by atoms with E-state index in [4.69, 9.17) is 8.94 Å². The fourth-order valence-electron chi connectivity index (χ4n) is 2.18. The lowest BCUT2D eigenvalue weighted by Crippen LogP contribution is -2.07. The van der Waals surface area contributed by atoms with Crippen molar-refractivity contribution in [1.82, 2.24) is 10.1 Å². The van der Waals surface area contributed by atoms with Crippen LogP contribution in [0, 0.1) is 6.92 Å². The first-order valence-corrected chi connectivity index (χ1v) is 7.19. The van der Waals surface area contributed by atoms with Crippen LogP contribution in [0.15, 0.2) is 43.0 Å². The van der Waals surface area contributed by atoms with Crippen LogP contribution in [0.1, 0.15) is 23.7 Å². The van der Waals surface area contributed by atoms with E-state index in [9.17, 15) is 9.90 Å². The largest absolute Gasteiger partial charge is 0.506 e. The Bertz CT molecular complexity index is 911. The molecule has 0 aliphatic rings. The third kappa shape index (κ3) is 3.28. The Labute approximate surface area is 131 Å². The summed E-state index contributed by atoms with van der Waals surface area (Å²) in [6.07, 6.45) is 2.64. The second-order valence-corrected chi connectivity index (χ2v) is 5.02. The van der Waals surface area contributed by atoms with Gasteiger partial charge in [-0.1, -0.05) is 17.3 Å². The third-order valence-corrected chi connectivity index (χ3v) is 3.29. The molecule has 1 aromatic carbocycles.